The molecule has 6 nitrogen and oxygen atoms in total. The first-order chi connectivity index (χ1) is 10.6. The van der Waals surface area contributed by atoms with Gasteiger partial charge in [-0.05, 0) is 19.1 Å². The molecule has 0 aliphatic carbocycles. The summed E-state index contributed by atoms with van der Waals surface area (Å²) in [6, 6.07) is 7.23. The van der Waals surface area contributed by atoms with Crippen LogP contribution in [0, 0.1) is 6.92 Å². The summed E-state index contributed by atoms with van der Waals surface area (Å²) in [7, 11) is 0. The first-order valence-electron chi connectivity index (χ1n) is 6.88. The Kier molecular flexibility index (Phi) is 4.06. The van der Waals surface area contributed by atoms with Crippen LogP contribution < -0.4 is 15.0 Å². The van der Waals surface area contributed by atoms with Crippen LogP contribution in [0.1, 0.15) is 11.3 Å². The number of nitrogens with zero attached hydrogens (tertiary/aromatic N) is 2. The lowest BCUT2D eigenvalue weighted by Gasteiger charge is -2.20. The monoisotopic (exact) mass is 317 g/mol. The molecule has 0 saturated heterocycles. The van der Waals surface area contributed by atoms with Gasteiger partial charge in [-0.15, -0.1) is 11.3 Å². The topological polar surface area (TPSA) is 71.5 Å². The van der Waals surface area contributed by atoms with Crippen LogP contribution in [-0.2, 0) is 9.59 Å². The maximum atomic E-state index is 12.2. The fourth-order valence-electron chi connectivity index (χ4n) is 2.21. The normalized spacial score (nSPS) is 14.0. The predicted octanol–water partition coefficient (Wildman–Crippen LogP) is 2.21. The largest absolute Gasteiger partial charge is 0.491 e. The summed E-state index contributed by atoms with van der Waals surface area (Å²) in [6.45, 7) is 2.18. The van der Waals surface area contributed by atoms with Crippen molar-refractivity contribution in [2.24, 2.45) is 0 Å². The second kappa shape index (κ2) is 6.15. The van der Waals surface area contributed by atoms with Crippen LogP contribution in [-0.4, -0.2) is 29.9 Å². The maximum Gasteiger partial charge on any atom is 0.246 e. The van der Waals surface area contributed by atoms with E-state index in [1.807, 2.05) is 19.1 Å². The van der Waals surface area contributed by atoms with Crippen LogP contribution in [0.5, 0.6) is 5.75 Å². The predicted molar refractivity (Wildman–Crippen MR) is 84.4 cm³/mol. The van der Waals surface area contributed by atoms with Gasteiger partial charge in [-0.3, -0.25) is 14.5 Å². The molecule has 0 unspecified atom stereocenters. The number of fused-ring (bicyclic) bond motifs is 1. The lowest BCUT2D eigenvalue weighted by Crippen LogP contribution is -2.37. The van der Waals surface area contributed by atoms with E-state index in [2.05, 4.69) is 10.3 Å². The Hall–Kier alpha value is -2.41. The summed E-state index contributed by atoms with van der Waals surface area (Å²) in [5, 5.41) is 3.25. The van der Waals surface area contributed by atoms with Crippen LogP contribution in [0.15, 0.2) is 30.5 Å². The average molecular weight is 317 g/mol. The molecule has 0 bridgehead atoms. The number of aromatic nitrogens is 1. The lowest BCUT2D eigenvalue weighted by molar-refractivity contribution is -0.121. The lowest BCUT2D eigenvalue weighted by atomic mass is 10.2. The number of carbonyl (C=O) groups excluding carboxylic acids is 2. The summed E-state index contributed by atoms with van der Waals surface area (Å²) in [5.41, 5.74) is 0.621. The smallest absolute Gasteiger partial charge is 0.246 e. The molecule has 7 heteroatoms. The fraction of sp³-hybridized carbons (Fsp3) is 0.267. The second-order valence-corrected chi connectivity index (χ2v) is 6.11. The Morgan fingerprint density at radius 2 is 2.27 bits per heavy atom. The number of nitrogens with one attached hydrogen (secondary N) is 1. The van der Waals surface area contributed by atoms with Gasteiger partial charge in [0.1, 0.15) is 12.3 Å². The maximum absolute atomic E-state index is 12.2. The van der Waals surface area contributed by atoms with Crippen molar-refractivity contribution in [2.75, 3.05) is 23.4 Å². The van der Waals surface area contributed by atoms with Gasteiger partial charge in [-0.1, -0.05) is 12.1 Å². The van der Waals surface area contributed by atoms with Crippen LogP contribution >= 0.6 is 11.3 Å². The third-order valence-corrected chi connectivity index (χ3v) is 4.03. The number of para-hydroxylation sites is 2. The molecule has 22 heavy (non-hydrogen) atoms. The molecule has 3 rings (SSSR count). The Morgan fingerprint density at radius 1 is 1.45 bits per heavy atom. The number of carbonyl (C=O) groups is 2. The first kappa shape index (κ1) is 14.5. The molecule has 2 amide bonds. The SMILES string of the molecule is Cc1cnc(NC(=O)CN2C(=O)CCOc3ccccc32)s1. The van der Waals surface area contributed by atoms with Gasteiger partial charge in [-0.25, -0.2) is 4.98 Å². The van der Waals surface area contributed by atoms with Crippen molar-refractivity contribution < 1.29 is 14.3 Å². The summed E-state index contributed by atoms with van der Waals surface area (Å²) in [4.78, 5) is 31.0. The van der Waals surface area contributed by atoms with Gasteiger partial charge in [0.05, 0.1) is 18.7 Å². The number of thiazole rings is 1. The molecule has 2 aromatic rings. The summed E-state index contributed by atoms with van der Waals surface area (Å²) in [6.07, 6.45) is 1.94. The van der Waals surface area contributed by atoms with Crippen molar-refractivity contribution in [3.8, 4) is 5.75 Å². The summed E-state index contributed by atoms with van der Waals surface area (Å²) < 4.78 is 5.55. The number of hydrogen-bond acceptors (Lipinski definition) is 5. The van der Waals surface area contributed by atoms with Crippen LogP contribution in [0.3, 0.4) is 0 Å². The zero-order chi connectivity index (χ0) is 15.5. The number of benzene rings is 1. The zero-order valence-corrected chi connectivity index (χ0v) is 12.9. The number of aryl methyl sites for hydroxylation is 1. The van der Waals surface area contributed by atoms with Crippen molar-refractivity contribution >= 4 is 34.0 Å². The highest BCUT2D eigenvalue weighted by atomic mass is 32.1. The Morgan fingerprint density at radius 3 is 3.05 bits per heavy atom. The van der Waals surface area contributed by atoms with Gasteiger partial charge in [0.25, 0.3) is 0 Å². The van der Waals surface area contributed by atoms with Gasteiger partial charge in [-0.2, -0.15) is 0 Å². The minimum absolute atomic E-state index is 0.0577. The highest BCUT2D eigenvalue weighted by molar-refractivity contribution is 7.15. The number of hydrogen-bond donors (Lipinski definition) is 1. The van der Waals surface area contributed by atoms with Gasteiger partial charge in [0, 0.05) is 11.1 Å². The Balaban J connectivity index is 1.77. The number of anilines is 2. The average Bonchev–Trinajstić information content (AvgIpc) is 2.83. The van der Waals surface area contributed by atoms with E-state index in [1.54, 1.807) is 18.3 Å². The van der Waals surface area contributed by atoms with Crippen LogP contribution in [0.4, 0.5) is 10.8 Å². The van der Waals surface area contributed by atoms with Crippen LogP contribution in [0.2, 0.25) is 0 Å². The van der Waals surface area contributed by atoms with E-state index in [9.17, 15) is 9.59 Å². The van der Waals surface area contributed by atoms with Crippen molar-refractivity contribution in [1.29, 1.82) is 0 Å². The molecule has 0 fully saturated rings. The van der Waals surface area contributed by atoms with Gasteiger partial charge in [0.15, 0.2) is 5.13 Å². The Bertz CT molecular complexity index is 714. The van der Waals surface area contributed by atoms with E-state index in [-0.39, 0.29) is 24.8 Å². The molecule has 1 aromatic carbocycles. The van der Waals surface area contributed by atoms with Crippen molar-refractivity contribution in [1.82, 2.24) is 4.98 Å². The molecule has 0 spiro atoms. The standard InChI is InChI=1S/C15H15N3O3S/c1-10-8-16-15(22-10)17-13(19)9-18-11-4-2-3-5-12(11)21-7-6-14(18)20/h2-5,8H,6-7,9H2,1H3,(H,16,17,19). The molecule has 1 aliphatic heterocycles. The van der Waals surface area contributed by atoms with Gasteiger partial charge in [0.2, 0.25) is 11.8 Å². The van der Waals surface area contributed by atoms with E-state index in [4.69, 9.17) is 4.74 Å². The quantitative estimate of drug-likeness (QED) is 0.942. The fourth-order valence-corrected chi connectivity index (χ4v) is 2.89. The minimum Gasteiger partial charge on any atom is -0.491 e. The summed E-state index contributed by atoms with van der Waals surface area (Å²) in [5.74, 6) is 0.209. The van der Waals surface area contributed by atoms with Crippen molar-refractivity contribution in [2.45, 2.75) is 13.3 Å². The molecule has 1 aromatic heterocycles. The van der Waals surface area contributed by atoms with Crippen molar-refractivity contribution in [3.05, 3.63) is 35.3 Å². The molecule has 114 valence electrons. The second-order valence-electron chi connectivity index (χ2n) is 4.87. The first-order valence-corrected chi connectivity index (χ1v) is 7.69. The van der Waals surface area contributed by atoms with E-state index in [1.165, 1.54) is 16.2 Å². The molecule has 1 N–H and O–H groups in total. The van der Waals surface area contributed by atoms with Crippen LogP contribution in [0.25, 0.3) is 0 Å². The molecule has 1 aliphatic rings. The van der Waals surface area contributed by atoms with E-state index in [0.29, 0.717) is 23.2 Å². The van der Waals surface area contributed by atoms with Crippen molar-refractivity contribution in [3.63, 3.8) is 0 Å². The molecular weight excluding hydrogens is 302 g/mol. The van der Waals surface area contributed by atoms with E-state index in [0.717, 1.165) is 4.88 Å². The number of rotatable bonds is 3. The summed E-state index contributed by atoms with van der Waals surface area (Å²) >= 11 is 1.40. The van der Waals surface area contributed by atoms with E-state index >= 15 is 0 Å². The van der Waals surface area contributed by atoms with Gasteiger partial charge < -0.3 is 10.1 Å². The third-order valence-electron chi connectivity index (χ3n) is 3.20. The number of ether oxygens (including phenoxy) is 1. The molecule has 0 radical (unpaired) electrons. The molecule has 2 heterocycles. The highest BCUT2D eigenvalue weighted by Crippen LogP contribution is 2.30. The number of amides is 2. The van der Waals surface area contributed by atoms with Gasteiger partial charge >= 0.3 is 0 Å². The zero-order valence-electron chi connectivity index (χ0n) is 12.0. The Labute approximate surface area is 131 Å². The van der Waals surface area contributed by atoms with E-state index < -0.39 is 0 Å². The third kappa shape index (κ3) is 3.09. The molecule has 0 atom stereocenters. The minimum atomic E-state index is -0.278. The molecule has 0 saturated carbocycles. The molecular formula is C15H15N3O3S. The highest BCUT2D eigenvalue weighted by Gasteiger charge is 2.25.